The zero-order valence-corrected chi connectivity index (χ0v) is 13.5. The van der Waals surface area contributed by atoms with Crippen molar-refractivity contribution in [2.75, 3.05) is 13.1 Å². The van der Waals surface area contributed by atoms with E-state index in [-0.39, 0.29) is 11.8 Å². The first-order valence-corrected chi connectivity index (χ1v) is 8.24. The highest BCUT2D eigenvalue weighted by Gasteiger charge is 2.23. The number of nitro groups is 1. The Morgan fingerprint density at radius 2 is 2.35 bits per heavy atom. The smallest absolute Gasteiger partial charge is 0.395 e. The van der Waals surface area contributed by atoms with Crippen LogP contribution >= 0.6 is 11.3 Å². The normalized spacial score (nSPS) is 15.9. The van der Waals surface area contributed by atoms with Gasteiger partial charge in [0.25, 0.3) is 5.91 Å². The van der Waals surface area contributed by atoms with Gasteiger partial charge >= 0.3 is 5.88 Å². The Morgan fingerprint density at radius 3 is 3.09 bits per heavy atom. The van der Waals surface area contributed by atoms with Crippen LogP contribution in [0.3, 0.4) is 0 Å². The Bertz CT molecular complexity index is 724. The van der Waals surface area contributed by atoms with Crippen LogP contribution in [0.1, 0.15) is 27.9 Å². The van der Waals surface area contributed by atoms with Gasteiger partial charge in [0, 0.05) is 30.6 Å². The SMILES string of the molecule is CC(CNC(=O)c1ccc([N+](=O)[O-])o1)N1CCc2sccc2C1. The third-order valence-corrected chi connectivity index (χ3v) is 5.04. The van der Waals surface area contributed by atoms with Gasteiger partial charge in [0.2, 0.25) is 0 Å². The number of fused-ring (bicyclic) bond motifs is 1. The summed E-state index contributed by atoms with van der Waals surface area (Å²) in [5.74, 6) is -0.898. The molecule has 0 bridgehead atoms. The zero-order chi connectivity index (χ0) is 16.4. The lowest BCUT2D eigenvalue weighted by molar-refractivity contribution is -0.402. The van der Waals surface area contributed by atoms with Crippen LogP contribution in [0.15, 0.2) is 28.0 Å². The van der Waals surface area contributed by atoms with Crippen LogP contribution in [0.25, 0.3) is 0 Å². The van der Waals surface area contributed by atoms with Gasteiger partial charge in [0.05, 0.1) is 6.07 Å². The van der Waals surface area contributed by atoms with E-state index in [0.29, 0.717) is 6.54 Å². The van der Waals surface area contributed by atoms with Gasteiger partial charge in [-0.05, 0) is 36.4 Å². The quantitative estimate of drug-likeness (QED) is 0.669. The molecule has 1 amide bonds. The van der Waals surface area contributed by atoms with Crippen LogP contribution < -0.4 is 5.32 Å². The molecule has 1 atom stereocenters. The zero-order valence-electron chi connectivity index (χ0n) is 12.7. The summed E-state index contributed by atoms with van der Waals surface area (Å²) in [4.78, 5) is 25.6. The minimum absolute atomic E-state index is 0.0392. The maximum absolute atomic E-state index is 12.0. The van der Waals surface area contributed by atoms with E-state index in [1.165, 1.54) is 22.6 Å². The second kappa shape index (κ2) is 6.51. The fourth-order valence-electron chi connectivity index (χ4n) is 2.65. The molecule has 3 rings (SSSR count). The lowest BCUT2D eigenvalue weighted by atomic mass is 10.1. The highest BCUT2D eigenvalue weighted by atomic mass is 32.1. The molecule has 2 aromatic heterocycles. The average molecular weight is 335 g/mol. The van der Waals surface area contributed by atoms with Crippen molar-refractivity contribution in [1.82, 2.24) is 10.2 Å². The van der Waals surface area contributed by atoms with Gasteiger partial charge in [-0.15, -0.1) is 11.3 Å². The summed E-state index contributed by atoms with van der Waals surface area (Å²) in [5, 5.41) is 15.4. The summed E-state index contributed by atoms with van der Waals surface area (Å²) in [5.41, 5.74) is 1.36. The molecule has 0 fully saturated rings. The fraction of sp³-hybridized carbons (Fsp3) is 0.400. The standard InChI is InChI=1S/C15H17N3O4S/c1-10(17-6-4-13-11(9-17)5-7-23-13)8-16-15(19)12-2-3-14(22-12)18(20)21/h2-3,5,7,10H,4,6,8-9H2,1H3,(H,16,19). The number of carbonyl (C=O) groups is 1. The predicted molar refractivity (Wildman–Crippen MR) is 85.6 cm³/mol. The van der Waals surface area contributed by atoms with Crippen LogP contribution in [-0.4, -0.2) is 34.9 Å². The van der Waals surface area contributed by atoms with Gasteiger partial charge in [-0.3, -0.25) is 19.8 Å². The van der Waals surface area contributed by atoms with Gasteiger partial charge in [0.1, 0.15) is 4.92 Å². The molecule has 122 valence electrons. The summed E-state index contributed by atoms with van der Waals surface area (Å²) in [7, 11) is 0. The summed E-state index contributed by atoms with van der Waals surface area (Å²) < 4.78 is 4.90. The lowest BCUT2D eigenvalue weighted by Gasteiger charge is -2.32. The number of nitrogens with zero attached hydrogens (tertiary/aromatic N) is 2. The predicted octanol–water partition coefficient (Wildman–Crippen LogP) is 2.43. The van der Waals surface area contributed by atoms with Crippen LogP contribution in [0.4, 0.5) is 5.88 Å². The first-order valence-electron chi connectivity index (χ1n) is 7.36. The molecule has 0 saturated carbocycles. The van der Waals surface area contributed by atoms with Crippen LogP contribution in [-0.2, 0) is 13.0 Å². The van der Waals surface area contributed by atoms with Crippen molar-refractivity contribution in [3.8, 4) is 0 Å². The molecule has 1 N–H and O–H groups in total. The summed E-state index contributed by atoms with van der Waals surface area (Å²) in [6.45, 7) is 4.38. The number of hydrogen-bond acceptors (Lipinski definition) is 6. The van der Waals surface area contributed by atoms with Gasteiger partial charge < -0.3 is 9.73 Å². The molecule has 2 aromatic rings. The second-order valence-electron chi connectivity index (χ2n) is 5.54. The third kappa shape index (κ3) is 3.43. The van der Waals surface area contributed by atoms with Crippen LogP contribution in [0, 0.1) is 10.1 Å². The highest BCUT2D eigenvalue weighted by Crippen LogP contribution is 2.25. The van der Waals surface area contributed by atoms with Crippen molar-refractivity contribution in [2.24, 2.45) is 0 Å². The molecule has 0 aliphatic carbocycles. The number of hydrogen-bond donors (Lipinski definition) is 1. The summed E-state index contributed by atoms with van der Waals surface area (Å²) in [6.07, 6.45) is 1.04. The minimum atomic E-state index is -0.661. The monoisotopic (exact) mass is 335 g/mol. The Balaban J connectivity index is 1.53. The molecule has 0 spiro atoms. The van der Waals surface area contributed by atoms with Gasteiger partial charge in [-0.25, -0.2) is 0 Å². The molecule has 0 aromatic carbocycles. The van der Waals surface area contributed by atoms with Gasteiger partial charge in [-0.1, -0.05) is 0 Å². The molecule has 3 heterocycles. The Hall–Kier alpha value is -2.19. The molecule has 1 aliphatic rings. The largest absolute Gasteiger partial charge is 0.433 e. The topological polar surface area (TPSA) is 88.6 Å². The van der Waals surface area contributed by atoms with Crippen molar-refractivity contribution in [2.45, 2.75) is 25.9 Å². The van der Waals surface area contributed by atoms with E-state index in [1.807, 2.05) is 0 Å². The summed E-state index contributed by atoms with van der Waals surface area (Å²) >= 11 is 1.80. The second-order valence-corrected chi connectivity index (χ2v) is 6.54. The van der Waals surface area contributed by atoms with E-state index in [4.69, 9.17) is 4.42 Å². The molecule has 1 unspecified atom stereocenters. The number of thiophene rings is 1. The van der Waals surface area contributed by atoms with E-state index in [1.54, 1.807) is 11.3 Å². The number of carbonyl (C=O) groups excluding carboxylic acids is 1. The number of rotatable bonds is 5. The molecule has 7 nitrogen and oxygen atoms in total. The first-order chi connectivity index (χ1) is 11.0. The van der Waals surface area contributed by atoms with Crippen molar-refractivity contribution >= 4 is 23.1 Å². The Labute approximate surface area is 137 Å². The summed E-state index contributed by atoms with van der Waals surface area (Å²) in [6, 6.07) is 4.83. The minimum Gasteiger partial charge on any atom is -0.395 e. The lowest BCUT2D eigenvalue weighted by Crippen LogP contribution is -2.44. The van der Waals surface area contributed by atoms with Gasteiger partial charge in [0.15, 0.2) is 5.76 Å². The van der Waals surface area contributed by atoms with E-state index in [0.717, 1.165) is 19.5 Å². The third-order valence-electron chi connectivity index (χ3n) is 4.01. The molecular formula is C15H17N3O4S. The molecule has 1 aliphatic heterocycles. The molecule has 0 radical (unpaired) electrons. The van der Waals surface area contributed by atoms with Crippen molar-refractivity contribution in [3.63, 3.8) is 0 Å². The maximum atomic E-state index is 12.0. The maximum Gasteiger partial charge on any atom is 0.433 e. The number of furan rings is 1. The molecule has 0 saturated heterocycles. The van der Waals surface area contributed by atoms with Crippen molar-refractivity contribution < 1.29 is 14.1 Å². The van der Waals surface area contributed by atoms with E-state index >= 15 is 0 Å². The molecular weight excluding hydrogens is 318 g/mol. The van der Waals surface area contributed by atoms with E-state index < -0.39 is 16.7 Å². The molecule has 23 heavy (non-hydrogen) atoms. The van der Waals surface area contributed by atoms with Crippen LogP contribution in [0.5, 0.6) is 0 Å². The van der Waals surface area contributed by atoms with E-state index in [9.17, 15) is 14.9 Å². The van der Waals surface area contributed by atoms with Gasteiger partial charge in [-0.2, -0.15) is 0 Å². The van der Waals surface area contributed by atoms with Crippen LogP contribution in [0.2, 0.25) is 0 Å². The average Bonchev–Trinajstić information content (AvgIpc) is 3.20. The Morgan fingerprint density at radius 1 is 1.52 bits per heavy atom. The fourth-order valence-corrected chi connectivity index (χ4v) is 3.54. The number of nitrogens with one attached hydrogen (secondary N) is 1. The Kier molecular flexibility index (Phi) is 4.44. The van der Waals surface area contributed by atoms with E-state index in [2.05, 4.69) is 28.6 Å². The van der Waals surface area contributed by atoms with Crippen molar-refractivity contribution in [3.05, 3.63) is 49.9 Å². The number of amides is 1. The molecule has 8 heteroatoms. The highest BCUT2D eigenvalue weighted by molar-refractivity contribution is 7.10. The van der Waals surface area contributed by atoms with Crippen molar-refractivity contribution in [1.29, 1.82) is 0 Å². The first kappa shape index (κ1) is 15.7.